The van der Waals surface area contributed by atoms with Gasteiger partial charge in [0.05, 0.1) is 25.4 Å². The van der Waals surface area contributed by atoms with Gasteiger partial charge in [0.2, 0.25) is 5.91 Å². The monoisotopic (exact) mass is 974 g/mol. The third-order valence-electron chi connectivity index (χ3n) is 14.8. The summed E-state index contributed by atoms with van der Waals surface area (Å²) >= 11 is 0. The molecule has 0 aliphatic heterocycles. The molecule has 0 aromatic rings. The Bertz CT molecular complexity index is 1030. The molecule has 0 aliphatic rings. The lowest BCUT2D eigenvalue weighted by Gasteiger charge is -2.22. The van der Waals surface area contributed by atoms with E-state index in [0.717, 1.165) is 38.5 Å². The van der Waals surface area contributed by atoms with Gasteiger partial charge in [-0.05, 0) is 51.4 Å². The van der Waals surface area contributed by atoms with Crippen molar-refractivity contribution in [2.24, 2.45) is 0 Å². The van der Waals surface area contributed by atoms with Crippen molar-refractivity contribution in [2.75, 3.05) is 13.2 Å². The predicted molar refractivity (Wildman–Crippen MR) is 301 cm³/mol. The number of carbonyl (C=O) groups is 2. The highest BCUT2D eigenvalue weighted by Gasteiger charge is 2.20. The molecule has 2 atom stereocenters. The number of carbonyl (C=O) groups excluding carboxylic acids is 2. The summed E-state index contributed by atoms with van der Waals surface area (Å²) in [6.07, 6.45) is 70.9. The van der Waals surface area contributed by atoms with Crippen LogP contribution in [-0.4, -0.2) is 47.4 Å². The van der Waals surface area contributed by atoms with E-state index in [4.69, 9.17) is 4.74 Å². The summed E-state index contributed by atoms with van der Waals surface area (Å²) in [5.41, 5.74) is 0. The summed E-state index contributed by atoms with van der Waals surface area (Å²) in [6, 6.07) is -0.543. The molecule has 0 saturated carbocycles. The first-order valence-electron chi connectivity index (χ1n) is 31.4. The Morgan fingerprint density at radius 1 is 0.391 bits per heavy atom. The normalized spacial score (nSPS) is 12.6. The number of allylic oxidation sites excluding steroid dienone is 2. The number of nitrogens with one attached hydrogen (secondary N) is 1. The van der Waals surface area contributed by atoms with Gasteiger partial charge in [0.1, 0.15) is 0 Å². The summed E-state index contributed by atoms with van der Waals surface area (Å²) < 4.78 is 5.49. The maximum atomic E-state index is 12.5. The van der Waals surface area contributed by atoms with Gasteiger partial charge in [-0.1, -0.05) is 302 Å². The largest absolute Gasteiger partial charge is 0.466 e. The highest BCUT2D eigenvalue weighted by molar-refractivity contribution is 5.76. The second-order valence-corrected chi connectivity index (χ2v) is 21.7. The smallest absolute Gasteiger partial charge is 0.305 e. The zero-order valence-corrected chi connectivity index (χ0v) is 46.8. The first-order valence-corrected chi connectivity index (χ1v) is 31.4. The van der Waals surface area contributed by atoms with Gasteiger partial charge in [0.15, 0.2) is 0 Å². The highest BCUT2D eigenvalue weighted by Crippen LogP contribution is 2.18. The van der Waals surface area contributed by atoms with Crippen molar-refractivity contribution in [3.05, 3.63) is 12.2 Å². The highest BCUT2D eigenvalue weighted by atomic mass is 16.5. The predicted octanol–water partition coefficient (Wildman–Crippen LogP) is 19.6. The van der Waals surface area contributed by atoms with Crippen LogP contribution in [0.25, 0.3) is 0 Å². The summed E-state index contributed by atoms with van der Waals surface area (Å²) in [5, 5.41) is 23.2. The average molecular weight is 975 g/mol. The van der Waals surface area contributed by atoms with Gasteiger partial charge >= 0.3 is 5.97 Å². The molecule has 2 unspecified atom stereocenters. The van der Waals surface area contributed by atoms with Crippen molar-refractivity contribution in [2.45, 2.75) is 366 Å². The Morgan fingerprint density at radius 3 is 1.03 bits per heavy atom. The van der Waals surface area contributed by atoms with Crippen LogP contribution in [0.5, 0.6) is 0 Å². The second-order valence-electron chi connectivity index (χ2n) is 21.7. The summed E-state index contributed by atoms with van der Waals surface area (Å²) in [4.78, 5) is 24.5. The van der Waals surface area contributed by atoms with Gasteiger partial charge in [0.25, 0.3) is 0 Å². The lowest BCUT2D eigenvalue weighted by atomic mass is 10.0. The van der Waals surface area contributed by atoms with E-state index in [2.05, 4.69) is 31.3 Å². The lowest BCUT2D eigenvalue weighted by Crippen LogP contribution is -2.45. The van der Waals surface area contributed by atoms with Crippen molar-refractivity contribution in [3.63, 3.8) is 0 Å². The molecule has 0 saturated heterocycles. The van der Waals surface area contributed by atoms with Crippen LogP contribution in [0.3, 0.4) is 0 Å². The van der Waals surface area contributed by atoms with Gasteiger partial charge in [-0.25, -0.2) is 0 Å². The molecule has 3 N–H and O–H groups in total. The number of hydrogen-bond donors (Lipinski definition) is 3. The van der Waals surface area contributed by atoms with Crippen LogP contribution < -0.4 is 5.32 Å². The standard InChI is InChI=1S/C63H123NO5/c1-3-5-7-9-11-13-15-17-18-30-33-37-41-45-49-53-57-63(68)69-58-54-50-46-42-38-34-31-28-26-24-22-20-19-21-23-25-27-29-32-36-40-44-48-52-56-62(67)64-60(59-65)61(66)55-51-47-43-39-35-16-14-12-10-8-6-4-2/h21,23,60-61,65-66H,3-20,22,24-59H2,1-2H3,(H,64,67)/b23-21-. The fourth-order valence-electron chi connectivity index (χ4n) is 9.99. The zero-order chi connectivity index (χ0) is 50.0. The Morgan fingerprint density at radius 2 is 0.681 bits per heavy atom. The van der Waals surface area contributed by atoms with E-state index >= 15 is 0 Å². The van der Waals surface area contributed by atoms with Gasteiger partial charge in [-0.15, -0.1) is 0 Å². The first-order chi connectivity index (χ1) is 34.0. The molecule has 0 radical (unpaired) electrons. The molecule has 0 spiro atoms. The van der Waals surface area contributed by atoms with Crippen LogP contribution in [0.1, 0.15) is 354 Å². The summed E-state index contributed by atoms with van der Waals surface area (Å²) in [7, 11) is 0. The molecule has 0 heterocycles. The molecule has 0 fully saturated rings. The van der Waals surface area contributed by atoms with Crippen LogP contribution in [-0.2, 0) is 14.3 Å². The minimum atomic E-state index is -0.665. The van der Waals surface area contributed by atoms with E-state index < -0.39 is 12.1 Å². The third-order valence-corrected chi connectivity index (χ3v) is 14.8. The Labute approximate surface area is 431 Å². The number of hydrogen-bond acceptors (Lipinski definition) is 5. The van der Waals surface area contributed by atoms with E-state index in [0.29, 0.717) is 25.9 Å². The van der Waals surface area contributed by atoms with E-state index in [1.165, 1.54) is 283 Å². The Kier molecular flexibility index (Phi) is 58.0. The van der Waals surface area contributed by atoms with E-state index in [-0.39, 0.29) is 18.5 Å². The topological polar surface area (TPSA) is 95.9 Å². The molecule has 6 heteroatoms. The molecule has 0 aromatic carbocycles. The van der Waals surface area contributed by atoms with Crippen molar-refractivity contribution in [3.8, 4) is 0 Å². The number of unbranched alkanes of at least 4 members (excludes halogenated alkanes) is 46. The second kappa shape index (κ2) is 59.2. The molecular formula is C63H123NO5. The molecular weight excluding hydrogens is 851 g/mol. The molecule has 1 amide bonds. The molecule has 0 bridgehead atoms. The number of aliphatic hydroxyl groups is 2. The number of amides is 1. The van der Waals surface area contributed by atoms with Crippen molar-refractivity contribution < 1.29 is 24.5 Å². The van der Waals surface area contributed by atoms with E-state index in [9.17, 15) is 19.8 Å². The van der Waals surface area contributed by atoms with Gasteiger partial charge < -0.3 is 20.3 Å². The molecule has 0 aromatic heterocycles. The van der Waals surface area contributed by atoms with Crippen LogP contribution >= 0.6 is 0 Å². The molecule has 6 nitrogen and oxygen atoms in total. The van der Waals surface area contributed by atoms with Crippen LogP contribution in [0.2, 0.25) is 0 Å². The Balaban J connectivity index is 3.37. The number of ether oxygens (including phenoxy) is 1. The minimum Gasteiger partial charge on any atom is -0.466 e. The summed E-state index contributed by atoms with van der Waals surface area (Å²) in [5.74, 6) is -0.0218. The third kappa shape index (κ3) is 55.8. The maximum Gasteiger partial charge on any atom is 0.305 e. The lowest BCUT2D eigenvalue weighted by molar-refractivity contribution is -0.143. The van der Waals surface area contributed by atoms with Crippen LogP contribution in [0.15, 0.2) is 12.2 Å². The molecule has 410 valence electrons. The molecule has 0 rings (SSSR count). The zero-order valence-electron chi connectivity index (χ0n) is 46.8. The van der Waals surface area contributed by atoms with Crippen molar-refractivity contribution >= 4 is 11.9 Å². The number of esters is 1. The minimum absolute atomic E-state index is 0.0166. The van der Waals surface area contributed by atoms with Crippen LogP contribution in [0.4, 0.5) is 0 Å². The number of aliphatic hydroxyl groups excluding tert-OH is 2. The average Bonchev–Trinajstić information content (AvgIpc) is 3.35. The molecule has 69 heavy (non-hydrogen) atoms. The maximum absolute atomic E-state index is 12.5. The number of rotatable bonds is 59. The van der Waals surface area contributed by atoms with E-state index in [1.54, 1.807) is 0 Å². The van der Waals surface area contributed by atoms with Gasteiger partial charge in [0, 0.05) is 12.8 Å². The SMILES string of the molecule is CCCCCCCCCCCCCCCCCCC(=O)OCCCCCCCCCCCCCC/C=C\CCCCCCCCCCC(=O)NC(CO)C(O)CCCCCCCCCCCCCC. The van der Waals surface area contributed by atoms with Crippen LogP contribution in [0, 0.1) is 0 Å². The molecule has 0 aliphatic carbocycles. The van der Waals surface area contributed by atoms with Gasteiger partial charge in [-0.2, -0.15) is 0 Å². The summed E-state index contributed by atoms with van der Waals surface area (Å²) in [6.45, 7) is 4.97. The van der Waals surface area contributed by atoms with Gasteiger partial charge in [-0.3, -0.25) is 9.59 Å². The fourth-order valence-corrected chi connectivity index (χ4v) is 9.99. The van der Waals surface area contributed by atoms with Crippen molar-refractivity contribution in [1.82, 2.24) is 5.32 Å². The Hall–Kier alpha value is -1.40. The van der Waals surface area contributed by atoms with Crippen molar-refractivity contribution in [1.29, 1.82) is 0 Å². The van der Waals surface area contributed by atoms with E-state index in [1.807, 2.05) is 0 Å². The quantitative estimate of drug-likeness (QED) is 0.0321. The first kappa shape index (κ1) is 67.6. The fraction of sp³-hybridized carbons (Fsp3) is 0.937.